The van der Waals surface area contributed by atoms with Gasteiger partial charge in [-0.15, -0.1) is 11.3 Å². The Morgan fingerprint density at radius 3 is 2.79 bits per heavy atom. The first-order valence-electron chi connectivity index (χ1n) is 8.10. The van der Waals surface area contributed by atoms with Crippen LogP contribution in [-0.2, 0) is 0 Å². The lowest BCUT2D eigenvalue weighted by Crippen LogP contribution is -2.34. The molecule has 0 saturated heterocycles. The first-order chi connectivity index (χ1) is 11.6. The minimum absolute atomic E-state index is 0.000527. The Morgan fingerprint density at radius 2 is 2.12 bits per heavy atom. The Bertz CT molecular complexity index is 839. The molecule has 1 unspecified atom stereocenters. The second kappa shape index (κ2) is 7.15. The summed E-state index contributed by atoms with van der Waals surface area (Å²) in [6.45, 7) is 4.03. The minimum atomic E-state index is -0.0875. The zero-order valence-electron chi connectivity index (χ0n) is 13.8. The van der Waals surface area contributed by atoms with Crippen LogP contribution < -0.4 is 5.32 Å². The van der Waals surface area contributed by atoms with Crippen LogP contribution >= 0.6 is 11.3 Å². The van der Waals surface area contributed by atoms with Crippen LogP contribution in [0.15, 0.2) is 36.4 Å². The van der Waals surface area contributed by atoms with Gasteiger partial charge in [0, 0.05) is 18.0 Å². The van der Waals surface area contributed by atoms with Crippen LogP contribution in [0.2, 0.25) is 0 Å². The predicted molar refractivity (Wildman–Crippen MR) is 96.9 cm³/mol. The van der Waals surface area contributed by atoms with Gasteiger partial charge in [0.15, 0.2) is 0 Å². The lowest BCUT2D eigenvalue weighted by Gasteiger charge is -2.14. The number of aryl methyl sites for hydroxylation is 1. The lowest BCUT2D eigenvalue weighted by atomic mass is 10.1. The van der Waals surface area contributed by atoms with Gasteiger partial charge < -0.3 is 10.4 Å². The van der Waals surface area contributed by atoms with Gasteiger partial charge in [-0.25, -0.2) is 4.68 Å². The number of aliphatic hydroxyl groups excluding tert-OH is 1. The van der Waals surface area contributed by atoms with Crippen molar-refractivity contribution in [2.75, 3.05) is 6.61 Å². The molecule has 2 N–H and O–H groups in total. The Kier molecular flexibility index (Phi) is 4.97. The number of aromatic nitrogens is 2. The van der Waals surface area contributed by atoms with Crippen LogP contribution in [-0.4, -0.2) is 33.4 Å². The van der Waals surface area contributed by atoms with E-state index in [9.17, 15) is 4.79 Å². The Balaban J connectivity index is 1.93. The molecule has 24 heavy (non-hydrogen) atoms. The van der Waals surface area contributed by atoms with Gasteiger partial charge in [-0.05, 0) is 38.0 Å². The molecule has 0 aliphatic heterocycles. The maximum Gasteiger partial charge on any atom is 0.261 e. The normalized spacial score (nSPS) is 12.5. The quantitative estimate of drug-likeness (QED) is 0.722. The maximum absolute atomic E-state index is 12.5. The fourth-order valence-corrected chi connectivity index (χ4v) is 3.78. The third kappa shape index (κ3) is 3.20. The van der Waals surface area contributed by atoms with E-state index >= 15 is 0 Å². The molecule has 1 amide bonds. The monoisotopic (exact) mass is 343 g/mol. The summed E-state index contributed by atoms with van der Waals surface area (Å²) in [5.41, 5.74) is 1.89. The molecule has 126 valence electrons. The summed E-state index contributed by atoms with van der Waals surface area (Å²) in [5.74, 6) is -0.0875. The zero-order chi connectivity index (χ0) is 17.1. The molecule has 0 radical (unpaired) electrons. The van der Waals surface area contributed by atoms with Crippen LogP contribution in [0.4, 0.5) is 0 Å². The van der Waals surface area contributed by atoms with E-state index in [0.717, 1.165) is 28.0 Å². The molecule has 6 heteroatoms. The van der Waals surface area contributed by atoms with E-state index in [1.54, 1.807) is 0 Å². The number of benzene rings is 1. The highest BCUT2D eigenvalue weighted by Gasteiger charge is 2.18. The summed E-state index contributed by atoms with van der Waals surface area (Å²) in [7, 11) is 0. The van der Waals surface area contributed by atoms with E-state index in [0.29, 0.717) is 11.3 Å². The molecule has 0 spiro atoms. The largest absolute Gasteiger partial charge is 0.396 e. The van der Waals surface area contributed by atoms with Crippen molar-refractivity contribution in [2.24, 2.45) is 0 Å². The number of rotatable bonds is 6. The van der Waals surface area contributed by atoms with E-state index in [4.69, 9.17) is 5.11 Å². The minimum Gasteiger partial charge on any atom is -0.396 e. The number of hydrogen-bond acceptors (Lipinski definition) is 4. The summed E-state index contributed by atoms with van der Waals surface area (Å²) in [4.78, 5) is 14.1. The van der Waals surface area contributed by atoms with Gasteiger partial charge in [0.05, 0.1) is 16.3 Å². The first kappa shape index (κ1) is 16.7. The van der Waals surface area contributed by atoms with Crippen molar-refractivity contribution in [3.05, 3.63) is 47.0 Å². The maximum atomic E-state index is 12.5. The highest BCUT2D eigenvalue weighted by molar-refractivity contribution is 7.20. The van der Waals surface area contributed by atoms with Crippen LogP contribution in [0.1, 0.15) is 35.1 Å². The van der Waals surface area contributed by atoms with Crippen LogP contribution in [0, 0.1) is 6.92 Å². The molecule has 0 saturated carbocycles. The van der Waals surface area contributed by atoms with Crippen LogP contribution in [0.5, 0.6) is 0 Å². The summed E-state index contributed by atoms with van der Waals surface area (Å²) in [5, 5.41) is 17.7. The molecule has 3 aromatic rings. The van der Waals surface area contributed by atoms with Crippen molar-refractivity contribution in [3.8, 4) is 5.69 Å². The van der Waals surface area contributed by atoms with Gasteiger partial charge in [-0.3, -0.25) is 4.79 Å². The van der Waals surface area contributed by atoms with Gasteiger partial charge in [0.2, 0.25) is 0 Å². The van der Waals surface area contributed by atoms with E-state index in [-0.39, 0.29) is 18.6 Å². The fourth-order valence-electron chi connectivity index (χ4n) is 2.69. The smallest absolute Gasteiger partial charge is 0.261 e. The Labute approximate surface area is 144 Å². The molecular formula is C18H21N3O2S. The van der Waals surface area contributed by atoms with Crippen molar-refractivity contribution in [3.63, 3.8) is 0 Å². The van der Waals surface area contributed by atoms with Gasteiger partial charge >= 0.3 is 0 Å². The number of nitrogens with one attached hydrogen (secondary N) is 1. The van der Waals surface area contributed by atoms with Gasteiger partial charge in [0.25, 0.3) is 5.91 Å². The number of amides is 1. The Morgan fingerprint density at radius 1 is 1.38 bits per heavy atom. The van der Waals surface area contributed by atoms with Crippen molar-refractivity contribution < 1.29 is 9.90 Å². The lowest BCUT2D eigenvalue weighted by molar-refractivity contribution is 0.0933. The first-order valence-corrected chi connectivity index (χ1v) is 8.92. The van der Waals surface area contributed by atoms with Gasteiger partial charge in [-0.1, -0.05) is 25.1 Å². The molecule has 1 atom stereocenters. The fraction of sp³-hybridized carbons (Fsp3) is 0.333. The molecule has 0 aliphatic carbocycles. The van der Waals surface area contributed by atoms with Crippen LogP contribution in [0.3, 0.4) is 0 Å². The van der Waals surface area contributed by atoms with Crippen molar-refractivity contribution in [2.45, 2.75) is 32.7 Å². The number of para-hydroxylation sites is 1. The summed E-state index contributed by atoms with van der Waals surface area (Å²) >= 11 is 1.44. The molecule has 2 aromatic heterocycles. The van der Waals surface area contributed by atoms with Crippen molar-refractivity contribution in [1.29, 1.82) is 0 Å². The molecule has 0 bridgehead atoms. The molecule has 1 aromatic carbocycles. The number of nitrogens with zero attached hydrogens (tertiary/aromatic N) is 2. The molecule has 0 aliphatic rings. The molecule has 5 nitrogen and oxygen atoms in total. The topological polar surface area (TPSA) is 67.2 Å². The number of carbonyl (C=O) groups is 1. The molecule has 3 rings (SSSR count). The molecule has 0 fully saturated rings. The predicted octanol–water partition coefficient (Wildman–Crippen LogP) is 3.29. The van der Waals surface area contributed by atoms with Crippen LogP contribution in [0.25, 0.3) is 15.9 Å². The molecule has 2 heterocycles. The van der Waals surface area contributed by atoms with Gasteiger partial charge in [0.1, 0.15) is 4.83 Å². The number of hydrogen-bond donors (Lipinski definition) is 2. The van der Waals surface area contributed by atoms with E-state index in [1.807, 2.05) is 54.9 Å². The standard InChI is InChI=1S/C18H21N3O2S/c1-3-13(9-10-22)19-17(23)16-11-15-12(2)20-21(18(15)24-16)14-7-5-4-6-8-14/h4-8,11,13,22H,3,9-10H2,1-2H3,(H,19,23). The second-order valence-corrected chi connectivity index (χ2v) is 6.78. The third-order valence-corrected chi connectivity index (χ3v) is 5.18. The third-order valence-electron chi connectivity index (χ3n) is 4.07. The average Bonchev–Trinajstić information content (AvgIpc) is 3.16. The summed E-state index contributed by atoms with van der Waals surface area (Å²) in [6, 6.07) is 11.8. The number of thiophene rings is 1. The SMILES string of the molecule is CCC(CCO)NC(=O)c1cc2c(C)nn(-c3ccccc3)c2s1. The number of carbonyl (C=O) groups excluding carboxylic acids is 1. The summed E-state index contributed by atoms with van der Waals surface area (Å²) in [6.07, 6.45) is 1.37. The van der Waals surface area contributed by atoms with Crippen molar-refractivity contribution in [1.82, 2.24) is 15.1 Å². The van der Waals surface area contributed by atoms with E-state index < -0.39 is 0 Å². The summed E-state index contributed by atoms with van der Waals surface area (Å²) < 4.78 is 1.89. The van der Waals surface area contributed by atoms with E-state index in [1.165, 1.54) is 11.3 Å². The van der Waals surface area contributed by atoms with Gasteiger partial charge in [-0.2, -0.15) is 5.10 Å². The van der Waals surface area contributed by atoms with Crippen molar-refractivity contribution >= 4 is 27.5 Å². The molecular weight excluding hydrogens is 322 g/mol. The second-order valence-electron chi connectivity index (χ2n) is 5.75. The Hall–Kier alpha value is -2.18. The number of aliphatic hydroxyl groups is 1. The average molecular weight is 343 g/mol. The highest BCUT2D eigenvalue weighted by atomic mass is 32.1. The number of fused-ring (bicyclic) bond motifs is 1. The highest BCUT2D eigenvalue weighted by Crippen LogP contribution is 2.30. The van der Waals surface area contributed by atoms with E-state index in [2.05, 4.69) is 10.4 Å². The zero-order valence-corrected chi connectivity index (χ0v) is 14.6.